The molecular weight excluding hydrogens is 262 g/mol. The molecule has 1 aromatic carbocycles. The zero-order valence-electron chi connectivity index (χ0n) is 10.7. The van der Waals surface area contributed by atoms with Crippen LogP contribution in [0.1, 0.15) is 29.0 Å². The van der Waals surface area contributed by atoms with Gasteiger partial charge in [-0.15, -0.1) is 0 Å². The molecule has 2 rings (SSSR count). The average molecular weight is 276 g/mol. The number of carbonyl (C=O) groups excluding carboxylic acids is 1. The molecule has 0 radical (unpaired) electrons. The second-order valence-corrected chi connectivity index (χ2v) is 4.61. The van der Waals surface area contributed by atoms with Crippen molar-refractivity contribution in [3.05, 3.63) is 59.1 Å². The van der Waals surface area contributed by atoms with E-state index in [1.807, 2.05) is 37.3 Å². The fourth-order valence-electron chi connectivity index (χ4n) is 1.73. The topological polar surface area (TPSA) is 46.1 Å². The molecule has 0 bridgehead atoms. The third kappa shape index (κ3) is 3.09. The Morgan fingerprint density at radius 3 is 2.47 bits per heavy atom. The van der Waals surface area contributed by atoms with Crippen LogP contribution in [-0.2, 0) is 0 Å². The number of carbonyl (C=O) groups is 1. The van der Waals surface area contributed by atoms with Gasteiger partial charge in [0.25, 0.3) is 5.91 Å². The van der Waals surface area contributed by atoms with E-state index < -0.39 is 0 Å². The van der Waals surface area contributed by atoms with Crippen LogP contribution < -0.4 is 0 Å². The Morgan fingerprint density at radius 2 is 1.89 bits per heavy atom. The molecule has 4 nitrogen and oxygen atoms in total. The number of hydrogen-bond acceptors (Lipinski definition) is 3. The predicted octanol–water partition coefficient (Wildman–Crippen LogP) is 2.96. The summed E-state index contributed by atoms with van der Waals surface area (Å²) in [5.74, 6) is -0.180. The first-order valence-electron chi connectivity index (χ1n) is 5.89. The molecule has 0 aliphatic rings. The number of nitrogens with zero attached hydrogens (tertiary/aromatic N) is 3. The minimum absolute atomic E-state index is 0.0359. The zero-order valence-corrected chi connectivity index (χ0v) is 11.5. The zero-order chi connectivity index (χ0) is 13.8. The highest BCUT2D eigenvalue weighted by Gasteiger charge is 2.19. The molecule has 0 N–H and O–H groups in total. The maximum Gasteiger partial charge on any atom is 0.274 e. The van der Waals surface area contributed by atoms with Gasteiger partial charge in [0, 0.05) is 7.05 Å². The summed E-state index contributed by atoms with van der Waals surface area (Å²) in [5, 5.41) is 0.273. The first-order valence-corrected chi connectivity index (χ1v) is 6.27. The van der Waals surface area contributed by atoms with Crippen molar-refractivity contribution in [2.75, 3.05) is 7.05 Å². The minimum atomic E-state index is -0.180. The number of rotatable bonds is 3. The first kappa shape index (κ1) is 13.5. The van der Waals surface area contributed by atoms with Gasteiger partial charge in [-0.1, -0.05) is 41.9 Å². The lowest BCUT2D eigenvalue weighted by atomic mass is 10.1. The van der Waals surface area contributed by atoms with Gasteiger partial charge in [0.15, 0.2) is 0 Å². The van der Waals surface area contributed by atoms with Crippen LogP contribution in [0.2, 0.25) is 5.15 Å². The largest absolute Gasteiger partial charge is 0.334 e. The molecule has 0 spiro atoms. The van der Waals surface area contributed by atoms with Gasteiger partial charge in [-0.3, -0.25) is 4.79 Å². The fourth-order valence-corrected chi connectivity index (χ4v) is 1.83. The number of aromatic nitrogens is 2. The van der Waals surface area contributed by atoms with Crippen LogP contribution in [-0.4, -0.2) is 27.8 Å². The molecule has 1 aromatic heterocycles. The third-order valence-corrected chi connectivity index (χ3v) is 3.22. The monoisotopic (exact) mass is 275 g/mol. The molecule has 98 valence electrons. The highest BCUT2D eigenvalue weighted by Crippen LogP contribution is 2.19. The smallest absolute Gasteiger partial charge is 0.274 e. The Labute approximate surface area is 117 Å². The molecule has 1 unspecified atom stereocenters. The summed E-state index contributed by atoms with van der Waals surface area (Å²) in [4.78, 5) is 21.7. The second-order valence-electron chi connectivity index (χ2n) is 4.23. The molecule has 1 atom stereocenters. The fraction of sp³-hybridized carbons (Fsp3) is 0.214. The van der Waals surface area contributed by atoms with Crippen LogP contribution in [0.3, 0.4) is 0 Å². The van der Waals surface area contributed by atoms with Gasteiger partial charge in [-0.2, -0.15) is 0 Å². The van der Waals surface area contributed by atoms with Gasteiger partial charge >= 0.3 is 0 Å². The second kappa shape index (κ2) is 5.80. The van der Waals surface area contributed by atoms with Gasteiger partial charge < -0.3 is 4.90 Å². The van der Waals surface area contributed by atoms with E-state index in [9.17, 15) is 4.79 Å². The van der Waals surface area contributed by atoms with Crippen LogP contribution >= 0.6 is 11.6 Å². The van der Waals surface area contributed by atoms with Crippen molar-refractivity contribution in [1.29, 1.82) is 0 Å². The molecular formula is C14H14ClN3O. The maximum absolute atomic E-state index is 12.3. The standard InChI is InChI=1S/C14H14ClN3O/c1-10(11-6-4-3-5-7-11)18(2)14(19)12-8-17-13(15)9-16-12/h3-10H,1-2H3. The van der Waals surface area contributed by atoms with E-state index in [1.165, 1.54) is 12.4 Å². The van der Waals surface area contributed by atoms with Crippen LogP contribution in [0.15, 0.2) is 42.7 Å². The van der Waals surface area contributed by atoms with Crippen LogP contribution in [0.25, 0.3) is 0 Å². The molecule has 2 aromatic rings. The van der Waals surface area contributed by atoms with Crippen molar-refractivity contribution in [2.45, 2.75) is 13.0 Å². The predicted molar refractivity (Wildman–Crippen MR) is 74.0 cm³/mol. The lowest BCUT2D eigenvalue weighted by molar-refractivity contribution is 0.0736. The number of halogens is 1. The summed E-state index contributed by atoms with van der Waals surface area (Å²) < 4.78 is 0. The van der Waals surface area contributed by atoms with E-state index in [4.69, 9.17) is 11.6 Å². The number of hydrogen-bond donors (Lipinski definition) is 0. The summed E-state index contributed by atoms with van der Waals surface area (Å²) in [7, 11) is 1.75. The molecule has 0 aliphatic heterocycles. The number of amides is 1. The summed E-state index contributed by atoms with van der Waals surface area (Å²) in [5.41, 5.74) is 1.36. The van der Waals surface area contributed by atoms with Crippen molar-refractivity contribution in [3.63, 3.8) is 0 Å². The molecule has 1 amide bonds. The van der Waals surface area contributed by atoms with Crippen molar-refractivity contribution in [3.8, 4) is 0 Å². The lowest BCUT2D eigenvalue weighted by Gasteiger charge is -2.24. The average Bonchev–Trinajstić information content (AvgIpc) is 2.46. The van der Waals surface area contributed by atoms with E-state index in [0.29, 0.717) is 0 Å². The van der Waals surface area contributed by atoms with Gasteiger partial charge in [-0.25, -0.2) is 9.97 Å². The van der Waals surface area contributed by atoms with E-state index >= 15 is 0 Å². The molecule has 1 heterocycles. The highest BCUT2D eigenvalue weighted by atomic mass is 35.5. The Kier molecular flexibility index (Phi) is 4.12. The summed E-state index contributed by atoms with van der Waals surface area (Å²) >= 11 is 5.66. The van der Waals surface area contributed by atoms with Crippen LogP contribution in [0.4, 0.5) is 0 Å². The van der Waals surface area contributed by atoms with Crippen molar-refractivity contribution >= 4 is 17.5 Å². The Bertz CT molecular complexity index is 557. The van der Waals surface area contributed by atoms with Gasteiger partial charge in [0.1, 0.15) is 10.8 Å². The summed E-state index contributed by atoms with van der Waals surface area (Å²) in [6.45, 7) is 1.97. The molecule has 0 saturated heterocycles. The van der Waals surface area contributed by atoms with Crippen molar-refractivity contribution in [2.24, 2.45) is 0 Å². The van der Waals surface area contributed by atoms with Crippen molar-refractivity contribution in [1.82, 2.24) is 14.9 Å². The number of benzene rings is 1. The molecule has 0 saturated carbocycles. The quantitative estimate of drug-likeness (QED) is 0.865. The van der Waals surface area contributed by atoms with Gasteiger partial charge in [0.2, 0.25) is 0 Å². The van der Waals surface area contributed by atoms with Gasteiger partial charge in [0.05, 0.1) is 18.4 Å². The Morgan fingerprint density at radius 1 is 1.21 bits per heavy atom. The normalized spacial score (nSPS) is 11.9. The molecule has 0 aliphatic carbocycles. The lowest BCUT2D eigenvalue weighted by Crippen LogP contribution is -2.30. The Hall–Kier alpha value is -1.94. The van der Waals surface area contributed by atoms with Crippen molar-refractivity contribution < 1.29 is 4.79 Å². The molecule has 19 heavy (non-hydrogen) atoms. The van der Waals surface area contributed by atoms with E-state index in [0.717, 1.165) is 5.56 Å². The molecule has 0 fully saturated rings. The maximum atomic E-state index is 12.3. The minimum Gasteiger partial charge on any atom is -0.334 e. The SMILES string of the molecule is CC(c1ccccc1)N(C)C(=O)c1cnc(Cl)cn1. The summed E-state index contributed by atoms with van der Waals surface area (Å²) in [6.07, 6.45) is 2.76. The van der Waals surface area contributed by atoms with Crippen LogP contribution in [0.5, 0.6) is 0 Å². The van der Waals surface area contributed by atoms with E-state index in [2.05, 4.69) is 9.97 Å². The highest BCUT2D eigenvalue weighted by molar-refractivity contribution is 6.29. The molecule has 5 heteroatoms. The van der Waals surface area contributed by atoms with E-state index in [1.54, 1.807) is 11.9 Å². The van der Waals surface area contributed by atoms with Crippen LogP contribution in [0, 0.1) is 0 Å². The van der Waals surface area contributed by atoms with Gasteiger partial charge in [-0.05, 0) is 12.5 Å². The third-order valence-electron chi connectivity index (χ3n) is 3.02. The first-order chi connectivity index (χ1) is 9.09. The Balaban J connectivity index is 2.17. The van der Waals surface area contributed by atoms with E-state index in [-0.39, 0.29) is 22.8 Å². The summed E-state index contributed by atoms with van der Waals surface area (Å²) in [6, 6.07) is 9.79.